The second-order valence-electron chi connectivity index (χ2n) is 4.18. The summed E-state index contributed by atoms with van der Waals surface area (Å²) in [6.45, 7) is 2.23. The van der Waals surface area contributed by atoms with E-state index in [1.54, 1.807) is 11.5 Å². The molecule has 2 aromatic heterocycles. The number of hydrogen-bond donors (Lipinski definition) is 3. The number of nitrogen functional groups attached to an aromatic ring is 1. The molecule has 0 saturated heterocycles. The first-order valence-electron chi connectivity index (χ1n) is 6.00. The monoisotopic (exact) mass is 313 g/mol. The van der Waals surface area contributed by atoms with Crippen LogP contribution in [0.15, 0.2) is 11.0 Å². The fourth-order valence-corrected chi connectivity index (χ4v) is 1.77. The highest BCUT2D eigenvalue weighted by Crippen LogP contribution is 2.16. The van der Waals surface area contributed by atoms with Crippen molar-refractivity contribution in [3.8, 4) is 12.0 Å². The Morgan fingerprint density at radius 1 is 1.55 bits per heavy atom. The van der Waals surface area contributed by atoms with Gasteiger partial charge in [-0.05, 0) is 12.8 Å². The first-order chi connectivity index (χ1) is 10.2. The highest BCUT2D eigenvalue weighted by atomic mass is 19.4. The van der Waals surface area contributed by atoms with Gasteiger partial charge >= 0.3 is 12.1 Å². The Bertz CT molecular complexity index is 854. The van der Waals surface area contributed by atoms with Gasteiger partial charge in [0.15, 0.2) is 5.65 Å². The summed E-state index contributed by atoms with van der Waals surface area (Å²) in [6, 6.07) is 1.88. The number of fused-ring (bicyclic) bond motifs is 1. The van der Waals surface area contributed by atoms with E-state index in [9.17, 15) is 22.8 Å². The van der Waals surface area contributed by atoms with Crippen LogP contribution in [-0.2, 0) is 11.3 Å². The van der Waals surface area contributed by atoms with Crippen molar-refractivity contribution in [1.29, 1.82) is 0 Å². The van der Waals surface area contributed by atoms with Crippen molar-refractivity contribution in [3.05, 3.63) is 22.1 Å². The standard InChI is InChI=1S/C12H10F3N5O2/c1-2-20-5-6(3-4-17-10(22)12(13,14)15)7-8(20)18-11(16)19-9(7)21/h5H,2H2,1H3,(H,17,22)(H3,16,18,19,21). The first-order valence-corrected chi connectivity index (χ1v) is 6.00. The molecule has 116 valence electrons. The number of amides is 1. The molecule has 0 aliphatic carbocycles. The van der Waals surface area contributed by atoms with Crippen molar-refractivity contribution >= 4 is 22.9 Å². The zero-order chi connectivity index (χ0) is 16.5. The highest BCUT2D eigenvalue weighted by Gasteiger charge is 2.38. The van der Waals surface area contributed by atoms with E-state index in [0.29, 0.717) is 6.54 Å². The van der Waals surface area contributed by atoms with Crippen LogP contribution in [0.1, 0.15) is 12.5 Å². The Morgan fingerprint density at radius 3 is 2.82 bits per heavy atom. The molecule has 2 rings (SSSR count). The van der Waals surface area contributed by atoms with Gasteiger partial charge in [-0.2, -0.15) is 18.2 Å². The van der Waals surface area contributed by atoms with Crippen LogP contribution in [0.5, 0.6) is 0 Å². The smallest absolute Gasteiger partial charge is 0.369 e. The molecule has 0 bridgehead atoms. The largest absolute Gasteiger partial charge is 0.472 e. The quantitative estimate of drug-likeness (QED) is 0.520. The van der Waals surface area contributed by atoms with Crippen LogP contribution in [0.2, 0.25) is 0 Å². The molecule has 0 fully saturated rings. The van der Waals surface area contributed by atoms with Gasteiger partial charge < -0.3 is 10.3 Å². The van der Waals surface area contributed by atoms with Crippen LogP contribution < -0.4 is 16.6 Å². The summed E-state index contributed by atoms with van der Waals surface area (Å²) in [6.07, 6.45) is -3.58. The minimum absolute atomic E-state index is 0.0878. The van der Waals surface area contributed by atoms with Gasteiger partial charge in [-0.1, -0.05) is 0 Å². The summed E-state index contributed by atoms with van der Waals surface area (Å²) >= 11 is 0. The van der Waals surface area contributed by atoms with Crippen molar-refractivity contribution in [3.63, 3.8) is 0 Å². The van der Waals surface area contributed by atoms with Gasteiger partial charge in [-0.3, -0.25) is 19.9 Å². The number of carbonyl (C=O) groups excluding carboxylic acids is 1. The van der Waals surface area contributed by atoms with Crippen LogP contribution in [0, 0.1) is 12.0 Å². The van der Waals surface area contributed by atoms with Crippen molar-refractivity contribution in [2.75, 3.05) is 5.73 Å². The number of nitrogens with two attached hydrogens (primary N) is 1. The number of anilines is 1. The number of hydrogen-bond acceptors (Lipinski definition) is 4. The molecule has 7 nitrogen and oxygen atoms in total. The number of H-pyrrole nitrogens is 1. The number of nitrogens with zero attached hydrogens (tertiary/aromatic N) is 2. The molecule has 22 heavy (non-hydrogen) atoms. The van der Waals surface area contributed by atoms with Crippen molar-refractivity contribution in [2.24, 2.45) is 0 Å². The summed E-state index contributed by atoms with van der Waals surface area (Å²) in [4.78, 5) is 28.8. The maximum Gasteiger partial charge on any atom is 0.472 e. The maximum absolute atomic E-state index is 12.0. The number of aromatic amines is 1. The second kappa shape index (κ2) is 5.44. The zero-order valence-electron chi connectivity index (χ0n) is 11.2. The van der Waals surface area contributed by atoms with E-state index in [2.05, 4.69) is 15.9 Å². The molecular formula is C12H10F3N5O2. The third-order valence-corrected chi connectivity index (χ3v) is 2.72. The van der Waals surface area contributed by atoms with Crippen molar-refractivity contribution in [1.82, 2.24) is 19.9 Å². The SMILES string of the molecule is CCn1cc(C#CNC(=O)C(F)(F)F)c2c(=O)[nH]c(N)nc21. The van der Waals surface area contributed by atoms with Gasteiger partial charge in [0.2, 0.25) is 5.95 Å². The molecule has 0 aliphatic heterocycles. The molecule has 0 saturated carbocycles. The fourth-order valence-electron chi connectivity index (χ4n) is 1.77. The Morgan fingerprint density at radius 2 is 2.23 bits per heavy atom. The molecule has 0 atom stereocenters. The first kappa shape index (κ1) is 15.4. The summed E-state index contributed by atoms with van der Waals surface area (Å²) in [5, 5.41) is 1.49. The lowest BCUT2D eigenvalue weighted by Gasteiger charge is -2.00. The van der Waals surface area contributed by atoms with Gasteiger partial charge in [0, 0.05) is 18.8 Å². The number of nitrogens with one attached hydrogen (secondary N) is 2. The van der Waals surface area contributed by atoms with E-state index in [1.807, 2.05) is 6.04 Å². The number of aryl methyl sites for hydroxylation is 1. The topological polar surface area (TPSA) is 106 Å². The van der Waals surface area contributed by atoms with Gasteiger partial charge in [-0.15, -0.1) is 0 Å². The lowest BCUT2D eigenvalue weighted by atomic mass is 10.2. The van der Waals surface area contributed by atoms with Gasteiger partial charge in [0.05, 0.1) is 10.9 Å². The Kier molecular flexibility index (Phi) is 3.81. The van der Waals surface area contributed by atoms with E-state index < -0.39 is 17.6 Å². The minimum atomic E-state index is -5.03. The fraction of sp³-hybridized carbons (Fsp3) is 0.250. The van der Waals surface area contributed by atoms with Gasteiger partial charge in [0.25, 0.3) is 5.56 Å². The molecule has 0 unspecified atom stereocenters. The summed E-state index contributed by atoms with van der Waals surface area (Å²) < 4.78 is 37.7. The molecule has 2 heterocycles. The lowest BCUT2D eigenvalue weighted by molar-refractivity contribution is -0.172. The Hall–Kier alpha value is -2.96. The van der Waals surface area contributed by atoms with Crippen LogP contribution in [-0.4, -0.2) is 26.6 Å². The van der Waals surface area contributed by atoms with Crippen LogP contribution in [0.4, 0.5) is 19.1 Å². The van der Waals surface area contributed by atoms with E-state index >= 15 is 0 Å². The van der Waals surface area contributed by atoms with Crippen molar-refractivity contribution < 1.29 is 18.0 Å². The Balaban J connectivity index is 2.46. The molecule has 0 radical (unpaired) electrons. The van der Waals surface area contributed by atoms with E-state index in [1.165, 1.54) is 11.5 Å². The Labute approximate surface area is 121 Å². The number of rotatable bonds is 1. The van der Waals surface area contributed by atoms with Crippen molar-refractivity contribution in [2.45, 2.75) is 19.6 Å². The number of alkyl halides is 3. The lowest BCUT2D eigenvalue weighted by Crippen LogP contribution is -2.33. The molecule has 1 amide bonds. The summed E-state index contributed by atoms with van der Waals surface area (Å²) in [5.41, 5.74) is 5.27. The number of carbonyl (C=O) groups is 1. The minimum Gasteiger partial charge on any atom is -0.369 e. The molecule has 0 aromatic carbocycles. The molecule has 0 aliphatic rings. The normalized spacial score (nSPS) is 11.1. The van der Waals surface area contributed by atoms with E-state index in [-0.39, 0.29) is 22.5 Å². The average molecular weight is 313 g/mol. The third kappa shape index (κ3) is 2.88. The van der Waals surface area contributed by atoms with Crippen LogP contribution in [0.25, 0.3) is 11.0 Å². The average Bonchev–Trinajstić information content (AvgIpc) is 2.75. The zero-order valence-corrected chi connectivity index (χ0v) is 11.2. The molecule has 2 aromatic rings. The maximum atomic E-state index is 12.0. The van der Waals surface area contributed by atoms with Crippen LogP contribution >= 0.6 is 0 Å². The van der Waals surface area contributed by atoms with Gasteiger partial charge in [0.1, 0.15) is 0 Å². The molecule has 4 N–H and O–H groups in total. The highest BCUT2D eigenvalue weighted by molar-refractivity contribution is 5.85. The predicted octanol–water partition coefficient (Wildman–Crippen LogP) is 0.314. The summed E-state index contributed by atoms with van der Waals surface area (Å²) in [5.74, 6) is 0.0296. The molecule has 0 spiro atoms. The molecular weight excluding hydrogens is 303 g/mol. The van der Waals surface area contributed by atoms with Gasteiger partial charge in [-0.25, -0.2) is 0 Å². The number of halogens is 3. The number of aromatic nitrogens is 3. The third-order valence-electron chi connectivity index (χ3n) is 2.72. The predicted molar refractivity (Wildman–Crippen MR) is 71.5 cm³/mol. The second-order valence-corrected chi connectivity index (χ2v) is 4.18. The molecule has 10 heteroatoms. The van der Waals surface area contributed by atoms with E-state index in [4.69, 9.17) is 5.73 Å². The van der Waals surface area contributed by atoms with E-state index in [0.717, 1.165) is 0 Å². The summed E-state index contributed by atoms with van der Waals surface area (Å²) in [7, 11) is 0. The van der Waals surface area contributed by atoms with Crippen LogP contribution in [0.3, 0.4) is 0 Å².